The van der Waals surface area contributed by atoms with Crippen LogP contribution in [0.4, 0.5) is 11.4 Å². The van der Waals surface area contributed by atoms with Crippen LogP contribution in [-0.2, 0) is 9.53 Å². The molecule has 0 aromatic heterocycles. The lowest BCUT2D eigenvalue weighted by atomic mass is 10.2. The predicted molar refractivity (Wildman–Crippen MR) is 96.6 cm³/mol. The zero-order valence-electron chi connectivity index (χ0n) is 14.4. The third-order valence-electron chi connectivity index (χ3n) is 3.39. The second kappa shape index (κ2) is 8.86. The summed E-state index contributed by atoms with van der Waals surface area (Å²) in [6.45, 7) is -0.645. The molecule has 0 fully saturated rings. The van der Waals surface area contributed by atoms with E-state index in [0.29, 0.717) is 5.75 Å². The van der Waals surface area contributed by atoms with E-state index >= 15 is 0 Å². The van der Waals surface area contributed by atoms with Gasteiger partial charge < -0.3 is 19.5 Å². The van der Waals surface area contributed by atoms with Crippen molar-refractivity contribution in [2.24, 2.45) is 0 Å². The molecule has 142 valence electrons. The number of rotatable bonds is 7. The summed E-state index contributed by atoms with van der Waals surface area (Å²) in [5.41, 5.74) is -0.338. The van der Waals surface area contributed by atoms with Crippen LogP contribution in [0.2, 0.25) is 5.02 Å². The highest BCUT2D eigenvalue weighted by molar-refractivity contribution is 6.31. The molecule has 10 heteroatoms. The first-order chi connectivity index (χ1) is 12.8. The van der Waals surface area contributed by atoms with Gasteiger partial charge in [0.05, 0.1) is 19.1 Å². The first-order valence-electron chi connectivity index (χ1n) is 7.48. The number of esters is 1. The highest BCUT2D eigenvalue weighted by Crippen LogP contribution is 2.28. The Labute approximate surface area is 158 Å². The van der Waals surface area contributed by atoms with Gasteiger partial charge in [0, 0.05) is 17.2 Å². The maximum absolute atomic E-state index is 12.2. The van der Waals surface area contributed by atoms with Crippen molar-refractivity contribution in [1.82, 2.24) is 0 Å². The van der Waals surface area contributed by atoms with Crippen LogP contribution in [-0.4, -0.2) is 37.6 Å². The number of anilines is 1. The van der Waals surface area contributed by atoms with Crippen LogP contribution in [0.1, 0.15) is 10.4 Å². The number of hydrogen-bond donors (Lipinski definition) is 1. The van der Waals surface area contributed by atoms with Gasteiger partial charge in [0.1, 0.15) is 22.7 Å². The average molecular weight is 395 g/mol. The number of nitro benzene ring substituents is 1. The van der Waals surface area contributed by atoms with Gasteiger partial charge in [-0.3, -0.25) is 14.9 Å². The van der Waals surface area contributed by atoms with Gasteiger partial charge in [0.2, 0.25) is 0 Å². The van der Waals surface area contributed by atoms with Gasteiger partial charge in [-0.05, 0) is 24.3 Å². The molecule has 0 unspecified atom stereocenters. The summed E-state index contributed by atoms with van der Waals surface area (Å²) in [5.74, 6) is -0.846. The van der Waals surface area contributed by atoms with Crippen LogP contribution in [0, 0.1) is 10.1 Å². The first-order valence-corrected chi connectivity index (χ1v) is 7.86. The van der Waals surface area contributed by atoms with Gasteiger partial charge in [0.25, 0.3) is 11.6 Å². The number of carbonyl (C=O) groups excluding carboxylic acids is 2. The highest BCUT2D eigenvalue weighted by Gasteiger charge is 2.19. The predicted octanol–water partition coefficient (Wildman–Crippen LogP) is 3.06. The Balaban J connectivity index is 2.04. The minimum absolute atomic E-state index is 0.0625. The summed E-state index contributed by atoms with van der Waals surface area (Å²) in [4.78, 5) is 34.5. The molecular weight excluding hydrogens is 380 g/mol. The van der Waals surface area contributed by atoms with E-state index in [4.69, 9.17) is 25.8 Å². The fourth-order valence-electron chi connectivity index (χ4n) is 2.12. The van der Waals surface area contributed by atoms with Crippen molar-refractivity contribution in [2.45, 2.75) is 0 Å². The zero-order chi connectivity index (χ0) is 20.0. The highest BCUT2D eigenvalue weighted by atomic mass is 35.5. The van der Waals surface area contributed by atoms with E-state index in [0.717, 1.165) is 6.07 Å². The summed E-state index contributed by atoms with van der Waals surface area (Å²) >= 11 is 5.71. The molecule has 0 aliphatic rings. The van der Waals surface area contributed by atoms with Crippen LogP contribution in [0.5, 0.6) is 11.5 Å². The van der Waals surface area contributed by atoms with E-state index in [9.17, 15) is 19.7 Å². The number of amides is 1. The van der Waals surface area contributed by atoms with E-state index in [1.807, 2.05) is 0 Å². The molecule has 0 aliphatic carbocycles. The summed E-state index contributed by atoms with van der Waals surface area (Å²) in [6.07, 6.45) is 0. The van der Waals surface area contributed by atoms with Crippen LogP contribution < -0.4 is 14.8 Å². The number of nitrogens with zero attached hydrogens (tertiary/aromatic N) is 1. The van der Waals surface area contributed by atoms with Crippen LogP contribution in [0.15, 0.2) is 36.4 Å². The Kier molecular flexibility index (Phi) is 6.56. The Morgan fingerprint density at radius 2 is 1.89 bits per heavy atom. The van der Waals surface area contributed by atoms with Crippen LogP contribution in [0.25, 0.3) is 0 Å². The summed E-state index contributed by atoms with van der Waals surface area (Å²) in [5, 5.41) is 13.5. The van der Waals surface area contributed by atoms with Crippen molar-refractivity contribution in [1.29, 1.82) is 0 Å². The lowest BCUT2D eigenvalue weighted by Crippen LogP contribution is -2.21. The molecule has 0 radical (unpaired) electrons. The molecule has 0 bridgehead atoms. The van der Waals surface area contributed by atoms with Crippen molar-refractivity contribution in [3.63, 3.8) is 0 Å². The van der Waals surface area contributed by atoms with Crippen molar-refractivity contribution >= 4 is 34.9 Å². The maximum Gasteiger partial charge on any atom is 0.342 e. The topological polar surface area (TPSA) is 117 Å². The number of methoxy groups -OCH3 is 2. The van der Waals surface area contributed by atoms with Gasteiger partial charge in [-0.15, -0.1) is 0 Å². The molecule has 1 N–H and O–H groups in total. The van der Waals surface area contributed by atoms with Gasteiger partial charge in [-0.2, -0.15) is 0 Å². The Hall–Kier alpha value is -3.33. The summed E-state index contributed by atoms with van der Waals surface area (Å²) in [7, 11) is 2.84. The lowest BCUT2D eigenvalue weighted by Gasteiger charge is -2.10. The molecule has 0 heterocycles. The fourth-order valence-corrected chi connectivity index (χ4v) is 2.29. The van der Waals surface area contributed by atoms with E-state index in [1.165, 1.54) is 44.6 Å². The molecule has 27 heavy (non-hydrogen) atoms. The van der Waals surface area contributed by atoms with Crippen molar-refractivity contribution < 1.29 is 28.7 Å². The van der Waals surface area contributed by atoms with Gasteiger partial charge in [-0.25, -0.2) is 4.79 Å². The Morgan fingerprint density at radius 3 is 2.52 bits per heavy atom. The maximum atomic E-state index is 12.2. The minimum Gasteiger partial charge on any atom is -0.497 e. The largest absolute Gasteiger partial charge is 0.497 e. The van der Waals surface area contributed by atoms with E-state index in [-0.39, 0.29) is 27.7 Å². The Bertz CT molecular complexity index is 886. The number of nitrogens with one attached hydrogen (secondary N) is 1. The SMILES string of the molecule is COc1ccc(C(=O)OCC(=O)Nc2ccc(Cl)cc2[N+](=O)[O-])c(OC)c1. The van der Waals surface area contributed by atoms with Gasteiger partial charge in [0.15, 0.2) is 6.61 Å². The minimum atomic E-state index is -0.796. The molecule has 0 aliphatic heterocycles. The number of halogens is 1. The number of nitro groups is 1. The third kappa shape index (κ3) is 5.08. The van der Waals surface area contributed by atoms with E-state index < -0.39 is 23.4 Å². The average Bonchev–Trinajstić information content (AvgIpc) is 2.66. The molecular formula is C17H15ClN2O7. The first kappa shape index (κ1) is 20.0. The van der Waals surface area contributed by atoms with Gasteiger partial charge >= 0.3 is 5.97 Å². The monoisotopic (exact) mass is 394 g/mol. The van der Waals surface area contributed by atoms with E-state index in [2.05, 4.69) is 5.32 Å². The number of ether oxygens (including phenoxy) is 3. The van der Waals surface area contributed by atoms with Crippen molar-refractivity contribution in [2.75, 3.05) is 26.1 Å². The molecule has 0 saturated heterocycles. The lowest BCUT2D eigenvalue weighted by molar-refractivity contribution is -0.383. The molecule has 9 nitrogen and oxygen atoms in total. The second-order valence-corrected chi connectivity index (χ2v) is 5.55. The summed E-state index contributed by atoms with van der Waals surface area (Å²) < 4.78 is 15.1. The van der Waals surface area contributed by atoms with Crippen LogP contribution in [0.3, 0.4) is 0 Å². The van der Waals surface area contributed by atoms with Gasteiger partial charge in [-0.1, -0.05) is 11.6 Å². The molecule has 2 aromatic rings. The second-order valence-electron chi connectivity index (χ2n) is 5.11. The quantitative estimate of drug-likeness (QED) is 0.435. The van der Waals surface area contributed by atoms with Crippen molar-refractivity contribution in [3.05, 3.63) is 57.1 Å². The summed E-state index contributed by atoms with van der Waals surface area (Å²) in [6, 6.07) is 8.24. The number of benzene rings is 2. The molecule has 0 atom stereocenters. The molecule has 1 amide bonds. The standard InChI is InChI=1S/C17H15ClN2O7/c1-25-11-4-5-12(15(8-11)26-2)17(22)27-9-16(21)19-13-6-3-10(18)7-14(13)20(23)24/h3-8H,9H2,1-2H3,(H,19,21). The molecule has 0 saturated carbocycles. The zero-order valence-corrected chi connectivity index (χ0v) is 15.1. The van der Waals surface area contributed by atoms with Crippen LogP contribution >= 0.6 is 11.6 Å². The Morgan fingerprint density at radius 1 is 1.15 bits per heavy atom. The van der Waals surface area contributed by atoms with E-state index in [1.54, 1.807) is 0 Å². The fraction of sp³-hybridized carbons (Fsp3) is 0.176. The van der Waals surface area contributed by atoms with Crippen molar-refractivity contribution in [3.8, 4) is 11.5 Å². The smallest absolute Gasteiger partial charge is 0.342 e. The molecule has 2 rings (SSSR count). The normalized spacial score (nSPS) is 10.0. The third-order valence-corrected chi connectivity index (χ3v) is 3.63. The molecule has 2 aromatic carbocycles. The molecule has 0 spiro atoms. The number of hydrogen-bond acceptors (Lipinski definition) is 7. The number of carbonyl (C=O) groups is 2.